The van der Waals surface area contributed by atoms with Gasteiger partial charge in [-0.2, -0.15) is 11.8 Å². The fourth-order valence-corrected chi connectivity index (χ4v) is 3.50. The summed E-state index contributed by atoms with van der Waals surface area (Å²) in [5.41, 5.74) is 1.93. The van der Waals surface area contributed by atoms with Gasteiger partial charge in [-0.1, -0.05) is 30.3 Å². The molecule has 0 spiro atoms. The number of fused-ring (bicyclic) bond motifs is 1. The zero-order chi connectivity index (χ0) is 20.1. The van der Waals surface area contributed by atoms with Gasteiger partial charge >= 0.3 is 5.97 Å². The number of nitrogens with zero attached hydrogens (tertiary/aromatic N) is 1. The molecule has 1 aromatic heterocycles. The molecule has 0 saturated heterocycles. The lowest BCUT2D eigenvalue weighted by Crippen LogP contribution is -2.17. The lowest BCUT2D eigenvalue weighted by Gasteiger charge is -2.13. The first-order valence-corrected chi connectivity index (χ1v) is 9.92. The van der Waals surface area contributed by atoms with E-state index < -0.39 is 5.97 Å². The van der Waals surface area contributed by atoms with Gasteiger partial charge in [-0.3, -0.25) is 4.79 Å². The fourth-order valence-electron chi connectivity index (χ4n) is 2.94. The quantitative estimate of drug-likeness (QED) is 0.631. The topological polar surface area (TPSA) is 77.5 Å². The first-order valence-electron chi connectivity index (χ1n) is 8.53. The Hall–Kier alpha value is -3.06. The van der Waals surface area contributed by atoms with Crippen molar-refractivity contribution in [2.75, 3.05) is 25.8 Å². The molecule has 1 N–H and O–H groups in total. The van der Waals surface area contributed by atoms with Crippen molar-refractivity contribution in [3.8, 4) is 5.88 Å². The molecule has 28 heavy (non-hydrogen) atoms. The Morgan fingerprint density at radius 2 is 1.79 bits per heavy atom. The highest BCUT2D eigenvalue weighted by Crippen LogP contribution is 2.27. The third kappa shape index (κ3) is 3.94. The van der Waals surface area contributed by atoms with E-state index in [4.69, 9.17) is 9.47 Å². The van der Waals surface area contributed by atoms with Gasteiger partial charge in [0.15, 0.2) is 5.69 Å². The van der Waals surface area contributed by atoms with Crippen LogP contribution in [0.25, 0.3) is 10.8 Å². The molecule has 0 aliphatic carbocycles. The minimum absolute atomic E-state index is 0.0153. The number of methoxy groups -OCH3 is 2. The molecule has 0 aliphatic heterocycles. The van der Waals surface area contributed by atoms with Crippen LogP contribution >= 0.6 is 11.8 Å². The highest BCUT2D eigenvalue weighted by Gasteiger charge is 2.19. The van der Waals surface area contributed by atoms with Crippen LogP contribution in [0.1, 0.15) is 26.4 Å². The van der Waals surface area contributed by atoms with Crippen LogP contribution in [0.5, 0.6) is 5.88 Å². The second kappa shape index (κ2) is 8.75. The predicted molar refractivity (Wildman–Crippen MR) is 111 cm³/mol. The molecule has 7 heteroatoms. The lowest BCUT2D eigenvalue weighted by atomic mass is 9.99. The summed E-state index contributed by atoms with van der Waals surface area (Å²) in [5.74, 6) is 0.126. The zero-order valence-electron chi connectivity index (χ0n) is 15.8. The number of esters is 1. The molecule has 3 rings (SSSR count). The van der Waals surface area contributed by atoms with Gasteiger partial charge in [0.25, 0.3) is 5.91 Å². The smallest absolute Gasteiger partial charge is 0.358 e. The Labute approximate surface area is 167 Å². The van der Waals surface area contributed by atoms with E-state index in [0.29, 0.717) is 5.56 Å². The van der Waals surface area contributed by atoms with Crippen molar-refractivity contribution in [2.45, 2.75) is 5.75 Å². The van der Waals surface area contributed by atoms with Crippen molar-refractivity contribution in [1.82, 2.24) is 4.98 Å². The molecule has 0 radical (unpaired) electrons. The van der Waals surface area contributed by atoms with E-state index in [0.717, 1.165) is 16.5 Å². The fraction of sp³-hybridized carbons (Fsp3) is 0.190. The van der Waals surface area contributed by atoms with Crippen LogP contribution in [0, 0.1) is 0 Å². The molecule has 0 bridgehead atoms. The van der Waals surface area contributed by atoms with Gasteiger partial charge in [0.1, 0.15) is 0 Å². The number of nitrogens with one attached hydrogen (secondary N) is 1. The highest BCUT2D eigenvalue weighted by atomic mass is 32.2. The molecule has 6 nitrogen and oxygen atoms in total. The number of ether oxygens (including phenoxy) is 2. The lowest BCUT2D eigenvalue weighted by molar-refractivity contribution is 0.0594. The first kappa shape index (κ1) is 19.7. The summed E-state index contributed by atoms with van der Waals surface area (Å²) in [4.78, 5) is 29.1. The average Bonchev–Trinajstić information content (AvgIpc) is 2.73. The third-order valence-corrected chi connectivity index (χ3v) is 4.86. The van der Waals surface area contributed by atoms with Crippen molar-refractivity contribution in [3.05, 3.63) is 65.4 Å². The standard InChI is InChI=1S/C21H20N2O4S/c1-26-18-11-10-17(19(23-18)21(25)27-2)22-20(24)16-9-8-13(12-28-3)14-6-4-5-7-15(14)16/h4-11H,12H2,1-3H3,(H,22,24). The molecule has 1 heterocycles. The highest BCUT2D eigenvalue weighted by molar-refractivity contribution is 7.97. The molecular formula is C21H20N2O4S. The van der Waals surface area contributed by atoms with Crippen molar-refractivity contribution >= 4 is 40.1 Å². The van der Waals surface area contributed by atoms with Crippen molar-refractivity contribution in [3.63, 3.8) is 0 Å². The molecule has 0 unspecified atom stereocenters. The van der Waals surface area contributed by atoms with Crippen LogP contribution in [-0.4, -0.2) is 37.3 Å². The van der Waals surface area contributed by atoms with Gasteiger partial charge < -0.3 is 14.8 Å². The minimum Gasteiger partial charge on any atom is -0.481 e. The second-order valence-corrected chi connectivity index (χ2v) is 6.81. The van der Waals surface area contributed by atoms with Gasteiger partial charge in [0.05, 0.1) is 19.9 Å². The number of carbonyl (C=O) groups excluding carboxylic acids is 2. The van der Waals surface area contributed by atoms with Crippen LogP contribution in [0.4, 0.5) is 5.69 Å². The number of thioether (sulfide) groups is 1. The number of pyridine rings is 1. The number of amides is 1. The number of hydrogen-bond acceptors (Lipinski definition) is 6. The summed E-state index contributed by atoms with van der Waals surface area (Å²) >= 11 is 1.73. The maximum atomic E-state index is 13.0. The summed E-state index contributed by atoms with van der Waals surface area (Å²) in [5, 5.41) is 4.66. The molecule has 3 aromatic rings. The predicted octanol–water partition coefficient (Wildman–Crippen LogP) is 4.15. The van der Waals surface area contributed by atoms with Gasteiger partial charge in [0, 0.05) is 17.4 Å². The Balaban J connectivity index is 2.01. The summed E-state index contributed by atoms with van der Waals surface area (Å²) in [7, 11) is 2.71. The van der Waals surface area contributed by atoms with Crippen LogP contribution in [0.2, 0.25) is 0 Å². The summed E-state index contributed by atoms with van der Waals surface area (Å²) < 4.78 is 9.82. The molecule has 0 fully saturated rings. The van der Waals surface area contributed by atoms with E-state index in [1.54, 1.807) is 30.0 Å². The van der Waals surface area contributed by atoms with E-state index in [1.807, 2.05) is 36.6 Å². The summed E-state index contributed by atoms with van der Waals surface area (Å²) in [6.45, 7) is 0. The number of benzene rings is 2. The first-order chi connectivity index (χ1) is 13.6. The SMILES string of the molecule is COC(=O)c1nc(OC)ccc1NC(=O)c1ccc(CSC)c2ccccc12. The number of rotatable bonds is 6. The van der Waals surface area contributed by atoms with Gasteiger partial charge in [-0.15, -0.1) is 0 Å². The molecule has 0 aliphatic rings. The zero-order valence-corrected chi connectivity index (χ0v) is 16.6. The summed E-state index contributed by atoms with van der Waals surface area (Å²) in [6, 6.07) is 14.7. The van der Waals surface area contributed by atoms with E-state index in [1.165, 1.54) is 19.8 Å². The molecule has 144 valence electrons. The molecular weight excluding hydrogens is 376 g/mol. The monoisotopic (exact) mass is 396 g/mol. The van der Waals surface area contributed by atoms with Crippen molar-refractivity contribution in [1.29, 1.82) is 0 Å². The maximum Gasteiger partial charge on any atom is 0.358 e. The van der Waals surface area contributed by atoms with E-state index in [2.05, 4.69) is 10.3 Å². The van der Waals surface area contributed by atoms with E-state index in [9.17, 15) is 9.59 Å². The maximum absolute atomic E-state index is 13.0. The van der Waals surface area contributed by atoms with Crippen LogP contribution in [-0.2, 0) is 10.5 Å². The Morgan fingerprint density at radius 1 is 1.04 bits per heavy atom. The number of anilines is 1. The number of aromatic nitrogens is 1. The normalized spacial score (nSPS) is 10.5. The largest absolute Gasteiger partial charge is 0.481 e. The van der Waals surface area contributed by atoms with Gasteiger partial charge in [0.2, 0.25) is 5.88 Å². The molecule has 1 amide bonds. The van der Waals surface area contributed by atoms with Crippen molar-refractivity contribution < 1.29 is 19.1 Å². The molecule has 0 atom stereocenters. The number of hydrogen-bond donors (Lipinski definition) is 1. The van der Waals surface area contributed by atoms with Gasteiger partial charge in [-0.05, 0) is 34.7 Å². The Bertz CT molecular complexity index is 1040. The van der Waals surface area contributed by atoms with Crippen molar-refractivity contribution in [2.24, 2.45) is 0 Å². The van der Waals surface area contributed by atoms with E-state index >= 15 is 0 Å². The third-order valence-electron chi connectivity index (χ3n) is 4.26. The molecule has 2 aromatic carbocycles. The van der Waals surface area contributed by atoms with Crippen LogP contribution in [0.15, 0.2) is 48.5 Å². The van der Waals surface area contributed by atoms with Crippen LogP contribution in [0.3, 0.4) is 0 Å². The summed E-state index contributed by atoms with van der Waals surface area (Å²) in [6.07, 6.45) is 2.04. The van der Waals surface area contributed by atoms with E-state index in [-0.39, 0.29) is 23.2 Å². The second-order valence-electron chi connectivity index (χ2n) is 5.95. The molecule has 0 saturated carbocycles. The number of carbonyl (C=O) groups is 2. The Morgan fingerprint density at radius 3 is 2.46 bits per heavy atom. The van der Waals surface area contributed by atoms with Crippen LogP contribution < -0.4 is 10.1 Å². The Kier molecular flexibility index (Phi) is 6.16. The van der Waals surface area contributed by atoms with Gasteiger partial charge in [-0.25, -0.2) is 9.78 Å². The minimum atomic E-state index is -0.658. The average molecular weight is 396 g/mol.